The van der Waals surface area contributed by atoms with Gasteiger partial charge in [0.25, 0.3) is 5.88 Å². The third-order valence-corrected chi connectivity index (χ3v) is 6.72. The first-order valence-electron chi connectivity index (χ1n) is 12.3. The van der Waals surface area contributed by atoms with E-state index in [4.69, 9.17) is 18.9 Å². The van der Waals surface area contributed by atoms with E-state index >= 15 is 4.39 Å². The summed E-state index contributed by atoms with van der Waals surface area (Å²) in [6.45, 7) is 2.62. The van der Waals surface area contributed by atoms with E-state index in [0.717, 1.165) is 11.1 Å². The van der Waals surface area contributed by atoms with Crippen molar-refractivity contribution in [3.8, 4) is 5.88 Å². The largest absolute Gasteiger partial charge is 0.475 e. The fourth-order valence-electron chi connectivity index (χ4n) is 4.33. The van der Waals surface area contributed by atoms with E-state index in [1.165, 1.54) is 22.5 Å². The number of ether oxygens (including phenoxy) is 4. The van der Waals surface area contributed by atoms with Gasteiger partial charge in [0, 0.05) is 0 Å². The Morgan fingerprint density at radius 1 is 1.08 bits per heavy atom. The van der Waals surface area contributed by atoms with Gasteiger partial charge < -0.3 is 24.1 Å². The quantitative estimate of drug-likeness (QED) is 0.284. The van der Waals surface area contributed by atoms with E-state index in [-0.39, 0.29) is 30.4 Å². The molecule has 0 amide bonds. The van der Waals surface area contributed by atoms with Crippen LogP contribution < -0.4 is 4.74 Å². The molecule has 1 fully saturated rings. The van der Waals surface area contributed by atoms with Crippen LogP contribution in [0.3, 0.4) is 0 Å². The maximum absolute atomic E-state index is 16.2. The molecule has 5 rings (SSSR count). The molecule has 4 atom stereocenters. The van der Waals surface area contributed by atoms with Crippen LogP contribution >= 0.6 is 11.8 Å². The average Bonchev–Trinajstić information content (AvgIpc) is 3.48. The number of fused-ring (bicyclic) bond motifs is 1. The molecule has 2 aromatic carbocycles. The molecular formula is C27H29FN4O5S. The fourth-order valence-corrected chi connectivity index (χ4v) is 4.67. The number of halogens is 1. The lowest BCUT2D eigenvalue weighted by molar-refractivity contribution is -0.232. The lowest BCUT2D eigenvalue weighted by Crippen LogP contribution is -2.40. The molecule has 9 nitrogen and oxygen atoms in total. The van der Waals surface area contributed by atoms with Crippen LogP contribution in [0, 0.1) is 0 Å². The summed E-state index contributed by atoms with van der Waals surface area (Å²) in [6.07, 6.45) is -0.847. The minimum Gasteiger partial charge on any atom is -0.475 e. The Kier molecular flexibility index (Phi) is 8.20. The molecule has 1 aliphatic rings. The number of benzene rings is 2. The van der Waals surface area contributed by atoms with Gasteiger partial charge in [-0.25, -0.2) is 13.9 Å². The number of aliphatic hydroxyl groups is 1. The molecule has 1 N–H and O–H groups in total. The number of hydrogen-bond donors (Lipinski definition) is 1. The molecule has 2 aromatic heterocycles. The Balaban J connectivity index is 1.44. The van der Waals surface area contributed by atoms with Crippen LogP contribution in [0.1, 0.15) is 23.7 Å². The summed E-state index contributed by atoms with van der Waals surface area (Å²) in [4.78, 5) is 8.65. The van der Waals surface area contributed by atoms with E-state index in [2.05, 4.69) is 15.1 Å². The van der Waals surface area contributed by atoms with Gasteiger partial charge in [-0.15, -0.1) is 5.10 Å². The predicted octanol–water partition coefficient (Wildman–Crippen LogP) is 3.93. The van der Waals surface area contributed by atoms with Crippen LogP contribution in [0.2, 0.25) is 0 Å². The minimum absolute atomic E-state index is 0.00303. The number of alkyl halides is 1. The van der Waals surface area contributed by atoms with Gasteiger partial charge in [0.1, 0.15) is 17.9 Å². The van der Waals surface area contributed by atoms with Crippen molar-refractivity contribution in [3.05, 3.63) is 83.7 Å². The number of nitrogens with zero attached hydrogens (tertiary/aromatic N) is 4. The molecule has 4 aromatic rings. The third-order valence-electron chi connectivity index (χ3n) is 6.18. The molecule has 38 heavy (non-hydrogen) atoms. The molecule has 3 heterocycles. The van der Waals surface area contributed by atoms with E-state index in [9.17, 15) is 5.11 Å². The molecule has 11 heteroatoms. The molecule has 0 radical (unpaired) electrons. The highest BCUT2D eigenvalue weighted by Gasteiger charge is 2.59. The van der Waals surface area contributed by atoms with Crippen molar-refractivity contribution in [2.45, 2.75) is 49.5 Å². The van der Waals surface area contributed by atoms with Gasteiger partial charge in [0.15, 0.2) is 6.17 Å². The topological polar surface area (TPSA) is 100 Å². The second kappa shape index (κ2) is 11.7. The highest BCUT2D eigenvalue weighted by atomic mass is 32.2. The second-order valence-corrected chi connectivity index (χ2v) is 9.51. The Hall–Kier alpha value is -3.09. The third kappa shape index (κ3) is 5.38. The Bertz CT molecular complexity index is 1350. The summed E-state index contributed by atoms with van der Waals surface area (Å²) in [7, 11) is 0. The van der Waals surface area contributed by atoms with Crippen molar-refractivity contribution in [2.24, 2.45) is 0 Å². The van der Waals surface area contributed by atoms with Crippen LogP contribution in [0.4, 0.5) is 4.39 Å². The Labute approximate surface area is 223 Å². The van der Waals surface area contributed by atoms with E-state index < -0.39 is 24.2 Å². The number of rotatable bonds is 11. The lowest BCUT2D eigenvalue weighted by atomic mass is 10.0. The zero-order valence-corrected chi connectivity index (χ0v) is 21.9. The van der Waals surface area contributed by atoms with Crippen LogP contribution in [-0.4, -0.2) is 62.5 Å². The number of imidazole rings is 1. The predicted molar refractivity (Wildman–Crippen MR) is 139 cm³/mol. The molecule has 0 aliphatic carbocycles. The van der Waals surface area contributed by atoms with Crippen molar-refractivity contribution in [2.75, 3.05) is 19.5 Å². The van der Waals surface area contributed by atoms with E-state index in [0.29, 0.717) is 18.4 Å². The highest BCUT2D eigenvalue weighted by Crippen LogP contribution is 2.42. The lowest BCUT2D eigenvalue weighted by Gasteiger charge is -2.24. The molecule has 0 saturated carbocycles. The van der Waals surface area contributed by atoms with Crippen LogP contribution in [0.5, 0.6) is 5.88 Å². The SMILES string of the molecule is CCOc1nc(SC)nn2c(C3(O)OC(COCc4ccccc4)C(OCc4ccccc4)C3F)cnc12. The normalized spacial score (nSPS) is 23.2. The second-order valence-electron chi connectivity index (χ2n) is 8.73. The van der Waals surface area contributed by atoms with Gasteiger partial charge in [-0.3, -0.25) is 0 Å². The minimum atomic E-state index is -2.39. The summed E-state index contributed by atoms with van der Waals surface area (Å²) >= 11 is 1.28. The van der Waals surface area contributed by atoms with Gasteiger partial charge in [-0.1, -0.05) is 72.4 Å². The summed E-state index contributed by atoms with van der Waals surface area (Å²) in [6, 6.07) is 19.0. The first-order chi connectivity index (χ1) is 18.5. The van der Waals surface area contributed by atoms with Gasteiger partial charge in [-0.05, 0) is 24.3 Å². The Morgan fingerprint density at radius 3 is 2.42 bits per heavy atom. The van der Waals surface area contributed by atoms with E-state index in [1.807, 2.05) is 67.6 Å². The van der Waals surface area contributed by atoms with Crippen LogP contribution in [-0.2, 0) is 33.2 Å². The average molecular weight is 541 g/mol. The molecule has 0 spiro atoms. The molecule has 200 valence electrons. The molecule has 4 unspecified atom stereocenters. The highest BCUT2D eigenvalue weighted by molar-refractivity contribution is 7.98. The maximum Gasteiger partial charge on any atom is 0.262 e. The van der Waals surface area contributed by atoms with Gasteiger partial charge in [-0.2, -0.15) is 4.98 Å². The monoisotopic (exact) mass is 540 g/mol. The summed E-state index contributed by atoms with van der Waals surface area (Å²) in [5.41, 5.74) is 2.09. The zero-order valence-electron chi connectivity index (χ0n) is 21.1. The summed E-state index contributed by atoms with van der Waals surface area (Å²) in [5, 5.41) is 16.4. The number of aromatic nitrogens is 4. The van der Waals surface area contributed by atoms with Crippen molar-refractivity contribution in [3.63, 3.8) is 0 Å². The molecule has 0 bridgehead atoms. The standard InChI is InChI=1S/C27H29FN4O5S/c1-3-35-25-24-29-14-21(32(24)31-26(30-25)38-2)27(33)23(28)22(36-16-19-12-8-5-9-13-19)20(37-27)17-34-15-18-10-6-4-7-11-18/h4-14,20,22-23,33H,3,15-17H2,1-2H3. The van der Waals surface area contributed by atoms with Crippen molar-refractivity contribution < 1.29 is 28.4 Å². The van der Waals surface area contributed by atoms with Gasteiger partial charge in [0.2, 0.25) is 16.6 Å². The zero-order chi connectivity index (χ0) is 26.5. The first kappa shape index (κ1) is 26.5. The van der Waals surface area contributed by atoms with Crippen molar-refractivity contribution in [1.29, 1.82) is 0 Å². The van der Waals surface area contributed by atoms with Crippen LogP contribution in [0.15, 0.2) is 72.0 Å². The van der Waals surface area contributed by atoms with E-state index in [1.54, 1.807) is 6.26 Å². The molecule has 1 saturated heterocycles. The fraction of sp³-hybridized carbons (Fsp3) is 0.370. The van der Waals surface area contributed by atoms with Gasteiger partial charge >= 0.3 is 0 Å². The summed E-state index contributed by atoms with van der Waals surface area (Å²) < 4.78 is 41.0. The van der Waals surface area contributed by atoms with Crippen LogP contribution in [0.25, 0.3) is 5.65 Å². The molecular weight excluding hydrogens is 511 g/mol. The summed E-state index contributed by atoms with van der Waals surface area (Å²) in [5.74, 6) is -2.16. The van der Waals surface area contributed by atoms with Crippen molar-refractivity contribution in [1.82, 2.24) is 19.6 Å². The number of hydrogen-bond acceptors (Lipinski definition) is 9. The molecule has 1 aliphatic heterocycles. The Morgan fingerprint density at radius 2 is 1.76 bits per heavy atom. The first-order valence-corrected chi connectivity index (χ1v) is 13.5. The maximum atomic E-state index is 16.2. The smallest absolute Gasteiger partial charge is 0.262 e. The van der Waals surface area contributed by atoms with Gasteiger partial charge in [0.05, 0.1) is 32.6 Å². The van der Waals surface area contributed by atoms with Crippen molar-refractivity contribution >= 4 is 17.4 Å². The number of thioether (sulfide) groups is 1.